The van der Waals surface area contributed by atoms with E-state index in [4.69, 9.17) is 18.9 Å². The molecule has 0 fully saturated rings. The highest BCUT2D eigenvalue weighted by Gasteiger charge is 2.21. The number of para-hydroxylation sites is 1. The summed E-state index contributed by atoms with van der Waals surface area (Å²) in [6.45, 7) is 4.45. The maximum Gasteiger partial charge on any atom is 0.188 e. The Morgan fingerprint density at radius 3 is 1.59 bits per heavy atom. The summed E-state index contributed by atoms with van der Waals surface area (Å²) >= 11 is 0. The maximum absolute atomic E-state index is 5.89. The average molecular weight is 393 g/mol. The van der Waals surface area contributed by atoms with Crippen molar-refractivity contribution in [2.24, 2.45) is 0 Å². The molecule has 0 bridgehead atoms. The zero-order valence-electron chi connectivity index (χ0n) is 17.3. The van der Waals surface area contributed by atoms with Crippen LogP contribution in [0.3, 0.4) is 0 Å². The van der Waals surface area contributed by atoms with Gasteiger partial charge in [0, 0.05) is 19.9 Å². The normalized spacial score (nSPS) is 10.6. The van der Waals surface area contributed by atoms with Gasteiger partial charge in [-0.05, 0) is 61.4 Å². The molecule has 0 saturated heterocycles. The SMILES string of the molecule is COCOc1ccc(C)cc1N(c1ccccc1)c1cc(C)ccc1OCOC. The molecule has 0 aliphatic heterocycles. The van der Waals surface area contributed by atoms with Crippen molar-refractivity contribution in [1.82, 2.24) is 0 Å². The predicted molar refractivity (Wildman–Crippen MR) is 116 cm³/mol. The Morgan fingerprint density at radius 1 is 0.655 bits per heavy atom. The summed E-state index contributed by atoms with van der Waals surface area (Å²) in [5.74, 6) is 1.45. The molecule has 29 heavy (non-hydrogen) atoms. The summed E-state index contributed by atoms with van der Waals surface area (Å²) in [4.78, 5) is 2.13. The van der Waals surface area contributed by atoms with Gasteiger partial charge in [-0.25, -0.2) is 0 Å². The van der Waals surface area contributed by atoms with Crippen molar-refractivity contribution in [3.05, 3.63) is 77.9 Å². The van der Waals surface area contributed by atoms with E-state index in [1.165, 1.54) is 0 Å². The molecule has 152 valence electrons. The number of methoxy groups -OCH3 is 2. The molecule has 0 radical (unpaired) electrons. The second-order valence-electron chi connectivity index (χ2n) is 6.72. The molecule has 3 rings (SSSR count). The van der Waals surface area contributed by atoms with Crippen LogP contribution >= 0.6 is 0 Å². The van der Waals surface area contributed by atoms with Crippen molar-refractivity contribution in [2.45, 2.75) is 13.8 Å². The summed E-state index contributed by atoms with van der Waals surface area (Å²) < 4.78 is 22.0. The Labute approximate surface area is 172 Å². The van der Waals surface area contributed by atoms with E-state index in [1.807, 2.05) is 42.5 Å². The number of rotatable bonds is 9. The van der Waals surface area contributed by atoms with Gasteiger partial charge in [0.15, 0.2) is 13.6 Å². The quantitative estimate of drug-likeness (QED) is 0.434. The van der Waals surface area contributed by atoms with E-state index >= 15 is 0 Å². The number of hydrogen-bond acceptors (Lipinski definition) is 5. The minimum absolute atomic E-state index is 0.166. The van der Waals surface area contributed by atoms with Crippen LogP contribution in [0.2, 0.25) is 0 Å². The number of ether oxygens (including phenoxy) is 4. The Balaban J connectivity index is 2.21. The molecule has 0 heterocycles. The molecule has 5 heteroatoms. The molecule has 0 N–H and O–H groups in total. The molecule has 0 amide bonds. The van der Waals surface area contributed by atoms with Crippen LogP contribution in [0, 0.1) is 13.8 Å². The lowest BCUT2D eigenvalue weighted by Crippen LogP contribution is -2.14. The number of benzene rings is 3. The van der Waals surface area contributed by atoms with E-state index in [9.17, 15) is 0 Å². The standard InChI is InChI=1S/C24H27NO4/c1-18-10-12-23(28-16-26-3)21(14-18)25(20-8-6-5-7-9-20)22-15-19(2)11-13-24(22)29-17-27-4/h5-15H,16-17H2,1-4H3. The van der Waals surface area contributed by atoms with Crippen LogP contribution < -0.4 is 14.4 Å². The van der Waals surface area contributed by atoms with Gasteiger partial charge in [0.25, 0.3) is 0 Å². The third kappa shape index (κ3) is 5.08. The molecular formula is C24H27NO4. The third-order valence-electron chi connectivity index (χ3n) is 4.39. The van der Waals surface area contributed by atoms with Crippen molar-refractivity contribution in [3.8, 4) is 11.5 Å². The lowest BCUT2D eigenvalue weighted by Gasteiger charge is -2.29. The molecule has 0 aromatic heterocycles. The van der Waals surface area contributed by atoms with Crippen LogP contribution in [0.1, 0.15) is 11.1 Å². The van der Waals surface area contributed by atoms with Crippen molar-refractivity contribution in [3.63, 3.8) is 0 Å². The fraction of sp³-hybridized carbons (Fsp3) is 0.250. The molecule has 0 spiro atoms. The molecule has 0 saturated carbocycles. The largest absolute Gasteiger partial charge is 0.465 e. The van der Waals surface area contributed by atoms with Crippen LogP contribution in [-0.2, 0) is 9.47 Å². The molecule has 0 aliphatic rings. The fourth-order valence-electron chi connectivity index (χ4n) is 3.08. The molecule has 3 aromatic carbocycles. The smallest absolute Gasteiger partial charge is 0.188 e. The molecular weight excluding hydrogens is 366 g/mol. The molecule has 5 nitrogen and oxygen atoms in total. The number of nitrogens with zero attached hydrogens (tertiary/aromatic N) is 1. The number of anilines is 3. The summed E-state index contributed by atoms with van der Waals surface area (Å²) in [7, 11) is 3.22. The van der Waals surface area contributed by atoms with Crippen LogP contribution in [0.5, 0.6) is 11.5 Å². The van der Waals surface area contributed by atoms with Crippen molar-refractivity contribution >= 4 is 17.1 Å². The highest BCUT2D eigenvalue weighted by Crippen LogP contribution is 2.44. The zero-order chi connectivity index (χ0) is 20.6. The third-order valence-corrected chi connectivity index (χ3v) is 4.39. The van der Waals surface area contributed by atoms with Crippen LogP contribution in [-0.4, -0.2) is 27.8 Å². The van der Waals surface area contributed by atoms with Gasteiger partial charge in [0.05, 0.1) is 11.4 Å². The summed E-state index contributed by atoms with van der Waals surface area (Å²) in [5.41, 5.74) is 5.05. The Morgan fingerprint density at radius 2 is 1.14 bits per heavy atom. The molecule has 0 unspecified atom stereocenters. The van der Waals surface area contributed by atoms with E-state index in [0.717, 1.165) is 39.7 Å². The van der Waals surface area contributed by atoms with Crippen molar-refractivity contribution < 1.29 is 18.9 Å². The summed E-state index contributed by atoms with van der Waals surface area (Å²) in [6, 6.07) is 22.3. The highest BCUT2D eigenvalue weighted by molar-refractivity contribution is 5.83. The molecule has 0 atom stereocenters. The van der Waals surface area contributed by atoms with Gasteiger partial charge >= 0.3 is 0 Å². The first-order valence-corrected chi connectivity index (χ1v) is 9.44. The van der Waals surface area contributed by atoms with Crippen LogP contribution in [0.4, 0.5) is 17.1 Å². The highest BCUT2D eigenvalue weighted by atomic mass is 16.7. The van der Waals surface area contributed by atoms with Gasteiger partial charge in [0.1, 0.15) is 11.5 Å². The Kier molecular flexibility index (Phi) is 7.11. The fourth-order valence-corrected chi connectivity index (χ4v) is 3.08. The zero-order valence-corrected chi connectivity index (χ0v) is 17.3. The van der Waals surface area contributed by atoms with Gasteiger partial charge in [-0.2, -0.15) is 0 Å². The maximum atomic E-state index is 5.89. The number of aryl methyl sites for hydroxylation is 2. The summed E-state index contributed by atoms with van der Waals surface area (Å²) in [5, 5.41) is 0. The van der Waals surface area contributed by atoms with Gasteiger partial charge in [-0.1, -0.05) is 30.3 Å². The van der Waals surface area contributed by atoms with Gasteiger partial charge < -0.3 is 23.8 Å². The number of hydrogen-bond donors (Lipinski definition) is 0. The predicted octanol–water partition coefficient (Wildman–Crippen LogP) is 5.74. The summed E-state index contributed by atoms with van der Waals surface area (Å²) in [6.07, 6.45) is 0. The van der Waals surface area contributed by atoms with Crippen molar-refractivity contribution in [2.75, 3.05) is 32.7 Å². The first-order chi connectivity index (χ1) is 14.1. The lowest BCUT2D eigenvalue weighted by atomic mass is 10.1. The average Bonchev–Trinajstić information content (AvgIpc) is 2.74. The van der Waals surface area contributed by atoms with Crippen LogP contribution in [0.15, 0.2) is 66.7 Å². The first-order valence-electron chi connectivity index (χ1n) is 9.44. The van der Waals surface area contributed by atoms with E-state index < -0.39 is 0 Å². The van der Waals surface area contributed by atoms with E-state index in [-0.39, 0.29) is 13.6 Å². The van der Waals surface area contributed by atoms with E-state index in [1.54, 1.807) is 14.2 Å². The lowest BCUT2D eigenvalue weighted by molar-refractivity contribution is 0.0511. The van der Waals surface area contributed by atoms with E-state index in [0.29, 0.717) is 0 Å². The second-order valence-corrected chi connectivity index (χ2v) is 6.72. The topological polar surface area (TPSA) is 40.2 Å². The molecule has 0 aliphatic carbocycles. The minimum atomic E-state index is 0.166. The minimum Gasteiger partial charge on any atom is -0.465 e. The van der Waals surface area contributed by atoms with Gasteiger partial charge in [-0.3, -0.25) is 0 Å². The molecule has 3 aromatic rings. The van der Waals surface area contributed by atoms with E-state index in [2.05, 4.69) is 43.0 Å². The Bertz CT molecular complexity index is 870. The van der Waals surface area contributed by atoms with Gasteiger partial charge in [-0.15, -0.1) is 0 Å². The Hall–Kier alpha value is -3.02. The second kappa shape index (κ2) is 9.96. The first kappa shape index (κ1) is 20.7. The van der Waals surface area contributed by atoms with Crippen LogP contribution in [0.25, 0.3) is 0 Å². The van der Waals surface area contributed by atoms with Gasteiger partial charge in [0.2, 0.25) is 0 Å². The van der Waals surface area contributed by atoms with Crippen molar-refractivity contribution in [1.29, 1.82) is 0 Å². The monoisotopic (exact) mass is 393 g/mol.